The molecule has 690 valence electrons. The van der Waals surface area contributed by atoms with Gasteiger partial charge in [-0.15, -0.1) is 0 Å². The number of nitrogens with one attached hydrogen (secondary N) is 2. The summed E-state index contributed by atoms with van der Waals surface area (Å²) in [6, 6.07) is 153. The minimum Gasteiger partial charge on any atom is -0.489 e. The largest absolute Gasteiger partial charge is 0.489 e. The van der Waals surface area contributed by atoms with Crippen LogP contribution in [-0.2, 0) is 52.9 Å². The molecule has 0 saturated carbocycles. The molecule has 0 spiro atoms. The zero-order valence-electron chi connectivity index (χ0n) is 78.7. The number of hydrogen-bond donors (Lipinski definition) is 2. The van der Waals surface area contributed by atoms with E-state index in [1.807, 2.05) is 24.3 Å². The summed E-state index contributed by atoms with van der Waals surface area (Å²) < 4.78 is 56.9. The van der Waals surface area contributed by atoms with E-state index in [2.05, 4.69) is 447 Å². The number of rotatable bonds is 28. The average Bonchev–Trinajstić information content (AvgIpc) is 1.59. The minimum absolute atomic E-state index is 0.270. The first kappa shape index (κ1) is 87.0. The smallest absolute Gasteiger partial charge is 0.124 e. The van der Waals surface area contributed by atoms with E-state index in [-0.39, 0.29) is 52.9 Å². The fourth-order valence-corrected chi connectivity index (χ4v) is 19.9. The van der Waals surface area contributed by atoms with E-state index in [4.69, 9.17) is 47.9 Å². The Morgan fingerprint density at radius 1 is 0.146 bits per heavy atom. The second-order valence-electron chi connectivity index (χ2n) is 37.0. The summed E-state index contributed by atoms with van der Waals surface area (Å²) in [7, 11) is 0. The van der Waals surface area contributed by atoms with Crippen LogP contribution in [0.3, 0.4) is 0 Å². The Bertz CT molecular complexity index is 7780. The maximum Gasteiger partial charge on any atom is 0.124 e. The van der Waals surface area contributed by atoms with Crippen LogP contribution in [0.5, 0.6) is 46.0 Å². The summed E-state index contributed by atoms with van der Waals surface area (Å²) in [5, 5.41) is 18.1. The molecule has 0 unspecified atom stereocenters. The van der Waals surface area contributed by atoms with Crippen LogP contribution in [0.2, 0.25) is 0 Å². The molecule has 12 heteroatoms. The molecule has 144 heavy (non-hydrogen) atoms. The zero-order chi connectivity index (χ0) is 95.6. The molecule has 0 atom stereocenters. The van der Waals surface area contributed by atoms with E-state index >= 15 is 0 Å². The third-order valence-corrected chi connectivity index (χ3v) is 27.2. The van der Waals surface area contributed by atoms with Crippen molar-refractivity contribution in [3.8, 4) is 90.5 Å². The number of H-pyrrole nitrogens is 2. The van der Waals surface area contributed by atoms with Crippen molar-refractivity contribution in [3.05, 3.63) is 504 Å². The Labute approximate surface area is 832 Å². The van der Waals surface area contributed by atoms with Gasteiger partial charge in [-0.2, -0.15) is 0 Å². The topological polar surface area (TPSA) is 131 Å². The predicted octanol–water partition coefficient (Wildman–Crippen LogP) is 33.2. The second-order valence-corrected chi connectivity index (χ2v) is 37.0. The molecule has 0 aliphatic carbocycles. The molecule has 0 amide bonds. The van der Waals surface area contributed by atoms with Gasteiger partial charge in [0.2, 0.25) is 0 Å². The first-order valence-electron chi connectivity index (χ1n) is 48.8. The van der Waals surface area contributed by atoms with E-state index in [1.165, 1.54) is 0 Å². The molecule has 2 aliphatic rings. The Hall–Kier alpha value is -18.5. The number of aromatic nitrogens is 4. The van der Waals surface area contributed by atoms with E-state index in [1.54, 1.807) is 0 Å². The van der Waals surface area contributed by atoms with Gasteiger partial charge in [-0.1, -0.05) is 291 Å². The van der Waals surface area contributed by atoms with Gasteiger partial charge in [0.15, 0.2) is 0 Å². The van der Waals surface area contributed by atoms with Gasteiger partial charge in [0.05, 0.1) is 22.8 Å². The summed E-state index contributed by atoms with van der Waals surface area (Å²) in [6.45, 7) is 2.16. The lowest BCUT2D eigenvalue weighted by atomic mass is 10.0. The maximum absolute atomic E-state index is 7.12. The van der Waals surface area contributed by atoms with Crippen molar-refractivity contribution in [2.24, 2.45) is 0 Å². The first-order chi connectivity index (χ1) is 71.1. The lowest BCUT2D eigenvalue weighted by Crippen LogP contribution is -2.00. The first-order valence-corrected chi connectivity index (χ1v) is 48.8. The van der Waals surface area contributed by atoms with Crippen molar-refractivity contribution in [1.29, 1.82) is 0 Å². The number of ether oxygens (including phenoxy) is 8. The third-order valence-electron chi connectivity index (χ3n) is 27.2. The number of aromatic amines is 2. The van der Waals surface area contributed by atoms with Crippen molar-refractivity contribution in [2.45, 2.75) is 52.9 Å². The van der Waals surface area contributed by atoms with E-state index in [0.717, 1.165) is 197 Å². The fourth-order valence-electron chi connectivity index (χ4n) is 19.9. The van der Waals surface area contributed by atoms with Gasteiger partial charge >= 0.3 is 0 Å². The summed E-state index contributed by atoms with van der Waals surface area (Å²) in [5.41, 5.74) is 19.7. The summed E-state index contributed by atoms with van der Waals surface area (Å²) in [6.07, 6.45) is 8.48. The van der Waals surface area contributed by atoms with Crippen molar-refractivity contribution < 1.29 is 37.9 Å². The molecule has 0 saturated heterocycles. The molecule has 2 N–H and O–H groups in total. The molecule has 5 heterocycles. The van der Waals surface area contributed by atoms with E-state index in [9.17, 15) is 0 Å². The number of fused-ring (bicyclic) bond motifs is 16. The summed E-state index contributed by atoms with van der Waals surface area (Å²) >= 11 is 0. The third kappa shape index (κ3) is 18.8. The standard InChI is InChI=1S/C132H94N4O8/c1-9-25-101-57-85(33-41-93(101)17-1)77-137-113-65-109(66-114(73-113)138-78-86-34-42-94-18-2-10-26-102(94)58-86)129-121-49-51-123(133-121)130(110-67-115(139-79-87-35-43-95-19-3-11-27-103(95)59-87)74-116(68-110)140-80-88-36-44-96-20-4-12-28-104(96)60-88)125-53-55-127(135-125)132(112-71-119(143-83-91-39-47-99-23-7-15-31-107(99)63-91)76-120(72-112)144-84-92-40-48-100-24-8-16-32-108(100)64-92)128-56-54-126(136-128)131(124-52-50-122(129)134-124)111-69-117(141-81-89-37-45-97-21-5-13-29-105(97)61-89)75-118(70-111)142-82-90-38-46-98-22-6-14-30-106(98)62-90/h1-76,133,136H,77-84H2. The highest BCUT2D eigenvalue weighted by Gasteiger charge is 2.25. The highest BCUT2D eigenvalue weighted by atomic mass is 16.5. The van der Waals surface area contributed by atoms with E-state index in [0.29, 0.717) is 68.8 Å². The molecular weight excluding hydrogens is 1770 g/mol. The van der Waals surface area contributed by atoms with Crippen LogP contribution in [0, 0.1) is 0 Å². The zero-order valence-corrected chi connectivity index (χ0v) is 78.7. The van der Waals surface area contributed by atoms with Gasteiger partial charge in [0.25, 0.3) is 0 Å². The van der Waals surface area contributed by atoms with Crippen LogP contribution in [0.1, 0.15) is 67.3 Å². The Morgan fingerprint density at radius 3 is 0.444 bits per heavy atom. The monoisotopic (exact) mass is 1860 g/mol. The second kappa shape index (κ2) is 38.7. The van der Waals surface area contributed by atoms with Crippen molar-refractivity contribution in [1.82, 2.24) is 19.9 Å². The molecule has 0 fully saturated rings. The molecular formula is C132H94N4O8. The maximum atomic E-state index is 7.12. The number of hydrogen-bond acceptors (Lipinski definition) is 10. The van der Waals surface area contributed by atoms with Crippen LogP contribution in [-0.4, -0.2) is 19.9 Å². The minimum atomic E-state index is 0.270. The Kier molecular flexibility index (Phi) is 23.4. The van der Waals surface area contributed by atoms with Crippen molar-refractivity contribution >= 4 is 133 Å². The van der Waals surface area contributed by atoms with Gasteiger partial charge in [0, 0.05) is 68.6 Å². The molecule has 2 aliphatic heterocycles. The van der Waals surface area contributed by atoms with Gasteiger partial charge in [-0.3, -0.25) is 0 Å². The van der Waals surface area contributed by atoms with Crippen LogP contribution in [0.25, 0.3) is 177 Å². The Balaban J connectivity index is 0.730. The summed E-state index contributed by atoms with van der Waals surface area (Å²) in [4.78, 5) is 20.3. The number of benzene rings is 20. The summed E-state index contributed by atoms with van der Waals surface area (Å²) in [5.74, 6) is 4.71. The van der Waals surface area contributed by atoms with Crippen molar-refractivity contribution in [2.75, 3.05) is 0 Å². The van der Waals surface area contributed by atoms with Crippen LogP contribution in [0.4, 0.5) is 0 Å². The lowest BCUT2D eigenvalue weighted by Gasteiger charge is -2.15. The molecule has 20 aromatic carbocycles. The SMILES string of the molecule is C1=Cc2nc1c(-c1cc(OCc3ccc4ccccc4c3)cc(OCc3ccc4ccccc4c3)c1)c1ccc([nH]1)c(-c1cc(OCc3ccc4ccccc4c3)cc(OCc3ccc4ccccc4c3)c1)c1nc(c(-c3cc(OCc4ccc5ccccc5c4)cc(OCc4ccc5ccccc5c4)c3)c3ccc([nH]3)c2-c2cc(OCc3ccc4ccccc4c3)cc(OCc3ccc4ccccc4c3)c2)C=C1. The van der Waals surface area contributed by atoms with Gasteiger partial charge < -0.3 is 47.9 Å². The molecule has 25 rings (SSSR count). The van der Waals surface area contributed by atoms with Gasteiger partial charge in [0.1, 0.15) is 98.9 Å². The van der Waals surface area contributed by atoms with Crippen LogP contribution in [0.15, 0.2) is 437 Å². The average molecular weight is 1860 g/mol. The molecule has 12 nitrogen and oxygen atoms in total. The highest BCUT2D eigenvalue weighted by molar-refractivity contribution is 6.02. The molecule has 3 aromatic heterocycles. The highest BCUT2D eigenvalue weighted by Crippen LogP contribution is 2.46. The van der Waals surface area contributed by atoms with Crippen LogP contribution < -0.4 is 37.9 Å². The number of nitrogens with zero attached hydrogens (tertiary/aromatic N) is 2. The quantitative estimate of drug-likeness (QED) is 0.0489. The van der Waals surface area contributed by atoms with Crippen LogP contribution >= 0.6 is 0 Å². The van der Waals surface area contributed by atoms with Gasteiger partial charge in [-0.05, 0) is 299 Å². The fraction of sp³-hybridized carbons (Fsp3) is 0.0606. The van der Waals surface area contributed by atoms with Crippen molar-refractivity contribution in [3.63, 3.8) is 0 Å². The predicted molar refractivity (Wildman–Crippen MR) is 587 cm³/mol. The molecule has 8 bridgehead atoms. The molecule has 23 aromatic rings. The van der Waals surface area contributed by atoms with E-state index < -0.39 is 0 Å². The normalized spacial score (nSPS) is 11.8. The lowest BCUT2D eigenvalue weighted by molar-refractivity contribution is 0.290. The molecule has 0 radical (unpaired) electrons. The Morgan fingerprint density at radius 2 is 0.292 bits per heavy atom. The van der Waals surface area contributed by atoms with Gasteiger partial charge in [-0.25, -0.2) is 9.97 Å².